The number of nitrogens with one attached hydrogen (secondary N) is 1. The molecule has 1 aliphatic rings. The van der Waals surface area contributed by atoms with Gasteiger partial charge in [0.25, 0.3) is 0 Å². The van der Waals surface area contributed by atoms with Crippen LogP contribution in [-0.4, -0.2) is 110 Å². The topological polar surface area (TPSA) is 189 Å². The molecule has 11 heteroatoms. The van der Waals surface area contributed by atoms with Gasteiger partial charge in [0.05, 0.1) is 25.4 Å². The van der Waals surface area contributed by atoms with Gasteiger partial charge < -0.3 is 50.5 Å². The molecule has 0 aliphatic carbocycles. The maximum Gasteiger partial charge on any atom is 0.249 e. The predicted molar refractivity (Wildman–Crippen MR) is 247 cm³/mol. The van der Waals surface area contributed by atoms with Gasteiger partial charge in [0.2, 0.25) is 5.91 Å². The molecule has 356 valence electrons. The van der Waals surface area contributed by atoms with Crippen LogP contribution in [0.3, 0.4) is 0 Å². The van der Waals surface area contributed by atoms with Crippen LogP contribution in [0, 0.1) is 0 Å². The van der Waals surface area contributed by atoms with Crippen molar-refractivity contribution in [3.8, 4) is 0 Å². The number of ether oxygens (including phenoxy) is 2. The van der Waals surface area contributed by atoms with Gasteiger partial charge in [0.1, 0.15) is 36.6 Å². The molecule has 8 N–H and O–H groups in total. The fraction of sp³-hybridized carbons (Fsp3) is 0.820. The number of aliphatic hydroxyl groups is 7. The minimum Gasteiger partial charge on any atom is -0.394 e. The second kappa shape index (κ2) is 39.6. The Bertz CT molecular complexity index is 1130. The lowest BCUT2D eigenvalue weighted by atomic mass is 9.98. The Balaban J connectivity index is 2.47. The van der Waals surface area contributed by atoms with Crippen molar-refractivity contribution in [2.24, 2.45) is 0 Å². The number of hydrogen-bond donors (Lipinski definition) is 8. The molecule has 1 heterocycles. The zero-order chi connectivity index (χ0) is 44.8. The summed E-state index contributed by atoms with van der Waals surface area (Å²) in [6.45, 7) is 3.38. The Kier molecular flexibility index (Phi) is 37.1. The summed E-state index contributed by atoms with van der Waals surface area (Å²) in [6.07, 6.45) is 35.9. The molecular weight excluding hydrogens is 775 g/mol. The molecule has 1 saturated heterocycles. The Hall–Kier alpha value is -1.93. The molecule has 61 heavy (non-hydrogen) atoms. The van der Waals surface area contributed by atoms with E-state index in [-0.39, 0.29) is 12.8 Å². The minimum absolute atomic E-state index is 0.231. The van der Waals surface area contributed by atoms with Gasteiger partial charge >= 0.3 is 0 Å². The summed E-state index contributed by atoms with van der Waals surface area (Å²) < 4.78 is 11.1. The van der Waals surface area contributed by atoms with Crippen molar-refractivity contribution in [2.45, 2.75) is 249 Å². The number of unbranched alkanes of at least 4 members (excludes halogenated alkanes) is 21. The van der Waals surface area contributed by atoms with Crippen LogP contribution in [0.5, 0.6) is 0 Å². The first kappa shape index (κ1) is 57.1. The molecule has 1 aliphatic heterocycles. The van der Waals surface area contributed by atoms with Gasteiger partial charge in [-0.15, -0.1) is 0 Å². The van der Waals surface area contributed by atoms with E-state index in [0.717, 1.165) is 57.8 Å². The van der Waals surface area contributed by atoms with Gasteiger partial charge in [-0.3, -0.25) is 4.79 Å². The van der Waals surface area contributed by atoms with Crippen LogP contribution in [0.25, 0.3) is 0 Å². The molecule has 11 nitrogen and oxygen atoms in total. The molecule has 0 radical (unpaired) electrons. The lowest BCUT2D eigenvalue weighted by Crippen LogP contribution is -2.60. The molecule has 1 amide bonds. The second-order valence-electron chi connectivity index (χ2n) is 17.2. The SMILES string of the molecule is CCCCC/C=C\C=C/CCCCCCCC(O)C(=O)NC(COC1OC(CO)C(O)C(O)C1O)C(O)C(O)CCC/C=C/CC/C=C/CCCCCCCCCCCCC. The van der Waals surface area contributed by atoms with Gasteiger partial charge in [-0.05, 0) is 77.0 Å². The number of hydrogen-bond acceptors (Lipinski definition) is 10. The van der Waals surface area contributed by atoms with Crippen molar-refractivity contribution in [2.75, 3.05) is 13.2 Å². The Morgan fingerprint density at radius 3 is 1.59 bits per heavy atom. The first-order chi connectivity index (χ1) is 29.7. The number of amides is 1. The van der Waals surface area contributed by atoms with E-state index in [1.165, 1.54) is 89.9 Å². The van der Waals surface area contributed by atoms with E-state index in [4.69, 9.17) is 9.47 Å². The lowest BCUT2D eigenvalue weighted by molar-refractivity contribution is -0.303. The molecule has 1 rings (SSSR count). The summed E-state index contributed by atoms with van der Waals surface area (Å²) in [6, 6.07) is -1.20. The van der Waals surface area contributed by atoms with Gasteiger partial charge in [-0.1, -0.05) is 165 Å². The predicted octanol–water partition coefficient (Wildman–Crippen LogP) is 8.56. The van der Waals surface area contributed by atoms with Crippen molar-refractivity contribution in [1.29, 1.82) is 0 Å². The van der Waals surface area contributed by atoms with E-state index < -0.39 is 74.2 Å². The zero-order valence-corrected chi connectivity index (χ0v) is 38.4. The van der Waals surface area contributed by atoms with Gasteiger partial charge in [-0.2, -0.15) is 0 Å². The van der Waals surface area contributed by atoms with Crippen molar-refractivity contribution in [3.63, 3.8) is 0 Å². The normalized spacial score (nSPS) is 21.9. The largest absolute Gasteiger partial charge is 0.394 e. The molecular formula is C50H91NO10. The minimum atomic E-state index is -1.67. The number of carbonyl (C=O) groups excluding carboxylic acids is 1. The third-order valence-electron chi connectivity index (χ3n) is 11.6. The van der Waals surface area contributed by atoms with E-state index in [9.17, 15) is 40.5 Å². The fourth-order valence-corrected chi connectivity index (χ4v) is 7.51. The molecule has 0 aromatic rings. The summed E-state index contributed by atoms with van der Waals surface area (Å²) in [4.78, 5) is 13.1. The molecule has 9 atom stereocenters. The molecule has 9 unspecified atom stereocenters. The van der Waals surface area contributed by atoms with Crippen LogP contribution in [0.4, 0.5) is 0 Å². The van der Waals surface area contributed by atoms with E-state index in [0.29, 0.717) is 19.3 Å². The lowest BCUT2D eigenvalue weighted by Gasteiger charge is -2.40. The number of allylic oxidation sites excluding steroid dienone is 8. The number of aliphatic hydroxyl groups excluding tert-OH is 7. The van der Waals surface area contributed by atoms with Crippen molar-refractivity contribution >= 4 is 5.91 Å². The summed E-state index contributed by atoms with van der Waals surface area (Å²) in [5.41, 5.74) is 0. The van der Waals surface area contributed by atoms with Crippen molar-refractivity contribution in [3.05, 3.63) is 48.6 Å². The Labute approximate surface area is 370 Å². The highest BCUT2D eigenvalue weighted by atomic mass is 16.7. The monoisotopic (exact) mass is 866 g/mol. The van der Waals surface area contributed by atoms with Gasteiger partial charge in [-0.25, -0.2) is 0 Å². The smallest absolute Gasteiger partial charge is 0.249 e. The highest BCUT2D eigenvalue weighted by Crippen LogP contribution is 2.23. The second-order valence-corrected chi connectivity index (χ2v) is 17.2. The van der Waals surface area contributed by atoms with E-state index in [1.807, 2.05) is 0 Å². The highest BCUT2D eigenvalue weighted by molar-refractivity contribution is 5.80. The Morgan fingerprint density at radius 1 is 0.574 bits per heavy atom. The molecule has 0 spiro atoms. The first-order valence-electron chi connectivity index (χ1n) is 24.6. The van der Waals surface area contributed by atoms with Gasteiger partial charge in [0.15, 0.2) is 6.29 Å². The van der Waals surface area contributed by atoms with Crippen LogP contribution in [0.2, 0.25) is 0 Å². The number of carbonyl (C=O) groups is 1. The van der Waals surface area contributed by atoms with Gasteiger partial charge in [0, 0.05) is 0 Å². The van der Waals surface area contributed by atoms with Crippen molar-refractivity contribution in [1.82, 2.24) is 5.32 Å². The van der Waals surface area contributed by atoms with E-state index >= 15 is 0 Å². The highest BCUT2D eigenvalue weighted by Gasteiger charge is 2.44. The third-order valence-corrected chi connectivity index (χ3v) is 11.6. The Morgan fingerprint density at radius 2 is 1.03 bits per heavy atom. The van der Waals surface area contributed by atoms with Crippen molar-refractivity contribution < 1.29 is 50.0 Å². The average molecular weight is 866 g/mol. The van der Waals surface area contributed by atoms with Crippen LogP contribution in [0.1, 0.15) is 194 Å². The maximum atomic E-state index is 13.1. The molecule has 0 aromatic carbocycles. The van der Waals surface area contributed by atoms with Crippen LogP contribution < -0.4 is 5.32 Å². The average Bonchev–Trinajstić information content (AvgIpc) is 3.26. The van der Waals surface area contributed by atoms with E-state index in [1.54, 1.807) is 0 Å². The van der Waals surface area contributed by atoms with Crippen LogP contribution in [0.15, 0.2) is 48.6 Å². The van der Waals surface area contributed by atoms with Crippen LogP contribution >= 0.6 is 0 Å². The standard InChI is InChI=1S/C50H91NO10/c1-3-5-7-9-11-13-15-17-19-20-21-22-23-24-26-27-29-31-33-35-37-42(53)45(55)41(40-60-50-48(58)47(57)46(56)44(39-52)61-50)51-49(59)43(54)38-36-34-32-30-28-25-18-16-14-12-10-8-6-4-2/h12,14,16,18,23-24,29,31,41-48,50,52-58H,3-11,13,15,17,19-22,25-28,30,32-40H2,1-2H3,(H,51,59)/b14-12-,18-16-,24-23+,31-29+. The molecule has 0 bridgehead atoms. The summed E-state index contributed by atoms with van der Waals surface area (Å²) in [5.74, 6) is -0.725. The quantitative estimate of drug-likeness (QED) is 0.0168. The molecule has 0 saturated carbocycles. The van der Waals surface area contributed by atoms with Crippen LogP contribution in [-0.2, 0) is 14.3 Å². The summed E-state index contributed by atoms with van der Waals surface area (Å²) in [5, 5.41) is 75.7. The summed E-state index contributed by atoms with van der Waals surface area (Å²) in [7, 11) is 0. The number of rotatable bonds is 40. The molecule has 0 aromatic heterocycles. The van der Waals surface area contributed by atoms with E-state index in [2.05, 4.69) is 67.8 Å². The summed E-state index contributed by atoms with van der Waals surface area (Å²) >= 11 is 0. The maximum absolute atomic E-state index is 13.1. The first-order valence-corrected chi connectivity index (χ1v) is 24.6. The fourth-order valence-electron chi connectivity index (χ4n) is 7.51. The molecule has 1 fully saturated rings. The third kappa shape index (κ3) is 29.2. The zero-order valence-electron chi connectivity index (χ0n) is 38.4.